The maximum atomic E-state index is 13.3. The summed E-state index contributed by atoms with van der Waals surface area (Å²) < 4.78 is 39.7. The highest BCUT2D eigenvalue weighted by atomic mass is 19.3. The Hall–Kier alpha value is -2.90. The molecule has 4 rings (SSSR count). The number of halogens is 2. The van der Waals surface area contributed by atoms with Crippen LogP contribution < -0.4 is 9.47 Å². The van der Waals surface area contributed by atoms with Crippen LogP contribution in [0.3, 0.4) is 0 Å². The standard InChI is InChI=1S/C16H14F2N4O2/c17-16(18)23-13-4-1-3-12(14(13)24-16)15-20-6-10-22(15)8-2-7-21-9-5-19-11-21/h1,3-6,9-11H,2,7-8H2. The smallest absolute Gasteiger partial charge is 0.395 e. The Labute approximate surface area is 136 Å². The normalized spacial score (nSPS) is 14.9. The van der Waals surface area contributed by atoms with Crippen LogP contribution in [0.4, 0.5) is 8.78 Å². The molecule has 0 unspecified atom stereocenters. The maximum Gasteiger partial charge on any atom is 0.586 e. The number of para-hydroxylation sites is 1. The van der Waals surface area contributed by atoms with Crippen molar-refractivity contribution in [2.75, 3.05) is 0 Å². The number of aryl methyl sites for hydroxylation is 2. The highest BCUT2D eigenvalue weighted by Gasteiger charge is 2.44. The summed E-state index contributed by atoms with van der Waals surface area (Å²) in [6.07, 6.45) is 6.04. The molecule has 0 N–H and O–H groups in total. The van der Waals surface area contributed by atoms with Gasteiger partial charge in [-0.1, -0.05) is 6.07 Å². The Balaban J connectivity index is 1.56. The van der Waals surface area contributed by atoms with Crippen molar-refractivity contribution in [1.82, 2.24) is 19.1 Å². The molecule has 24 heavy (non-hydrogen) atoms. The fourth-order valence-electron chi connectivity index (χ4n) is 2.72. The minimum absolute atomic E-state index is 0.0181. The zero-order chi connectivity index (χ0) is 16.6. The van der Waals surface area contributed by atoms with Gasteiger partial charge in [-0.25, -0.2) is 9.97 Å². The van der Waals surface area contributed by atoms with Gasteiger partial charge in [-0.15, -0.1) is 8.78 Å². The molecule has 2 aromatic heterocycles. The predicted molar refractivity (Wildman–Crippen MR) is 80.7 cm³/mol. The first-order chi connectivity index (χ1) is 11.6. The van der Waals surface area contributed by atoms with Gasteiger partial charge in [0.05, 0.1) is 11.9 Å². The van der Waals surface area contributed by atoms with Gasteiger partial charge in [-0.05, 0) is 18.6 Å². The third-order valence-electron chi connectivity index (χ3n) is 3.76. The van der Waals surface area contributed by atoms with Gasteiger partial charge >= 0.3 is 6.29 Å². The second kappa shape index (κ2) is 5.63. The Morgan fingerprint density at radius 2 is 2.00 bits per heavy atom. The number of aromatic nitrogens is 4. The van der Waals surface area contributed by atoms with Crippen LogP contribution in [0.15, 0.2) is 49.3 Å². The lowest BCUT2D eigenvalue weighted by atomic mass is 10.1. The van der Waals surface area contributed by atoms with Gasteiger partial charge in [0, 0.05) is 37.9 Å². The first-order valence-corrected chi connectivity index (χ1v) is 7.48. The minimum atomic E-state index is -3.64. The second-order valence-corrected chi connectivity index (χ2v) is 5.40. The van der Waals surface area contributed by atoms with Gasteiger partial charge in [-0.3, -0.25) is 0 Å². The van der Waals surface area contributed by atoms with Crippen LogP contribution in [0.2, 0.25) is 0 Å². The summed E-state index contributed by atoms with van der Waals surface area (Å²) in [6, 6.07) is 4.79. The molecule has 0 saturated heterocycles. The summed E-state index contributed by atoms with van der Waals surface area (Å²) in [5, 5.41) is 0. The van der Waals surface area contributed by atoms with Crippen molar-refractivity contribution < 1.29 is 18.3 Å². The lowest BCUT2D eigenvalue weighted by molar-refractivity contribution is -0.286. The van der Waals surface area contributed by atoms with E-state index < -0.39 is 6.29 Å². The van der Waals surface area contributed by atoms with Crippen LogP contribution >= 0.6 is 0 Å². The number of fused-ring (bicyclic) bond motifs is 1. The molecule has 0 fully saturated rings. The average molecular weight is 332 g/mol. The first kappa shape index (κ1) is 14.7. The van der Waals surface area contributed by atoms with Crippen LogP contribution in [0.1, 0.15) is 6.42 Å². The lowest BCUT2D eigenvalue weighted by Gasteiger charge is -2.10. The molecule has 3 heterocycles. The molecule has 0 saturated carbocycles. The third-order valence-corrected chi connectivity index (χ3v) is 3.76. The predicted octanol–water partition coefficient (Wildman–Crippen LogP) is 3.16. The second-order valence-electron chi connectivity index (χ2n) is 5.40. The number of benzene rings is 1. The molecule has 1 aliphatic heterocycles. The van der Waals surface area contributed by atoms with Gasteiger partial charge in [0.25, 0.3) is 0 Å². The van der Waals surface area contributed by atoms with Crippen molar-refractivity contribution in [2.45, 2.75) is 25.8 Å². The van der Waals surface area contributed by atoms with E-state index >= 15 is 0 Å². The summed E-state index contributed by atoms with van der Waals surface area (Å²) in [6.45, 7) is 1.50. The molecule has 124 valence electrons. The fourth-order valence-corrected chi connectivity index (χ4v) is 2.72. The largest absolute Gasteiger partial charge is 0.586 e. The number of ether oxygens (including phenoxy) is 2. The van der Waals surface area contributed by atoms with E-state index in [0.29, 0.717) is 17.9 Å². The topological polar surface area (TPSA) is 54.1 Å². The van der Waals surface area contributed by atoms with Crippen LogP contribution in [-0.4, -0.2) is 25.4 Å². The minimum Gasteiger partial charge on any atom is -0.395 e. The molecule has 8 heteroatoms. The van der Waals surface area contributed by atoms with Crippen LogP contribution in [0.5, 0.6) is 11.5 Å². The number of alkyl halides is 2. The van der Waals surface area contributed by atoms with Gasteiger partial charge in [0.2, 0.25) is 0 Å². The highest BCUT2D eigenvalue weighted by molar-refractivity contribution is 5.70. The molecule has 0 amide bonds. The van der Waals surface area contributed by atoms with Crippen molar-refractivity contribution in [3.8, 4) is 22.9 Å². The van der Waals surface area contributed by atoms with Gasteiger partial charge in [-0.2, -0.15) is 0 Å². The van der Waals surface area contributed by atoms with E-state index in [1.165, 1.54) is 6.07 Å². The van der Waals surface area contributed by atoms with Crippen molar-refractivity contribution in [3.05, 3.63) is 49.3 Å². The summed E-state index contributed by atoms with van der Waals surface area (Å²) >= 11 is 0. The van der Waals surface area contributed by atoms with Crippen molar-refractivity contribution in [3.63, 3.8) is 0 Å². The Bertz CT molecular complexity index is 846. The molecule has 0 radical (unpaired) electrons. The zero-order valence-electron chi connectivity index (χ0n) is 12.6. The van der Waals surface area contributed by atoms with Crippen LogP contribution in [0, 0.1) is 0 Å². The van der Waals surface area contributed by atoms with E-state index in [-0.39, 0.29) is 11.5 Å². The molecule has 3 aromatic rings. The van der Waals surface area contributed by atoms with E-state index in [2.05, 4.69) is 19.4 Å². The van der Waals surface area contributed by atoms with Gasteiger partial charge in [0.15, 0.2) is 11.5 Å². The SMILES string of the molecule is FC1(F)Oc2cccc(-c3nccn3CCCn3ccnc3)c2O1. The number of imidazole rings is 2. The van der Waals surface area contributed by atoms with Crippen molar-refractivity contribution in [2.24, 2.45) is 0 Å². The van der Waals surface area contributed by atoms with Crippen molar-refractivity contribution in [1.29, 1.82) is 0 Å². The number of rotatable bonds is 5. The molecular formula is C16H14F2N4O2. The van der Waals surface area contributed by atoms with E-state index in [9.17, 15) is 8.78 Å². The molecule has 1 aromatic carbocycles. The first-order valence-electron chi connectivity index (χ1n) is 7.48. The molecule has 6 nitrogen and oxygen atoms in total. The van der Waals surface area contributed by atoms with E-state index in [4.69, 9.17) is 0 Å². The summed E-state index contributed by atoms with van der Waals surface area (Å²) in [5.41, 5.74) is 0.484. The van der Waals surface area contributed by atoms with E-state index in [0.717, 1.165) is 13.0 Å². The molecule has 1 aliphatic rings. The maximum absolute atomic E-state index is 13.3. The molecule has 0 spiro atoms. The average Bonchev–Trinajstić information content (AvgIpc) is 3.25. The Morgan fingerprint density at radius 1 is 1.08 bits per heavy atom. The fraction of sp³-hybridized carbons (Fsp3) is 0.250. The Morgan fingerprint density at radius 3 is 2.83 bits per heavy atom. The van der Waals surface area contributed by atoms with Gasteiger partial charge < -0.3 is 18.6 Å². The molecule has 0 aliphatic carbocycles. The quantitative estimate of drug-likeness (QED) is 0.720. The van der Waals surface area contributed by atoms with Crippen LogP contribution in [0.25, 0.3) is 11.4 Å². The van der Waals surface area contributed by atoms with E-state index in [1.54, 1.807) is 30.9 Å². The lowest BCUT2D eigenvalue weighted by Crippen LogP contribution is -2.26. The number of nitrogens with zero attached hydrogens (tertiary/aromatic N) is 4. The van der Waals surface area contributed by atoms with Crippen LogP contribution in [-0.2, 0) is 13.1 Å². The molecular weight excluding hydrogens is 318 g/mol. The van der Waals surface area contributed by atoms with Crippen molar-refractivity contribution >= 4 is 0 Å². The Kier molecular flexibility index (Phi) is 3.44. The molecule has 0 bridgehead atoms. The number of hydrogen-bond acceptors (Lipinski definition) is 4. The molecule has 0 atom stereocenters. The highest BCUT2D eigenvalue weighted by Crippen LogP contribution is 2.46. The third kappa shape index (κ3) is 2.70. The zero-order valence-corrected chi connectivity index (χ0v) is 12.6. The monoisotopic (exact) mass is 332 g/mol. The van der Waals surface area contributed by atoms with Gasteiger partial charge in [0.1, 0.15) is 5.82 Å². The summed E-state index contributed by atoms with van der Waals surface area (Å²) in [4.78, 5) is 8.29. The number of hydrogen-bond donors (Lipinski definition) is 0. The van der Waals surface area contributed by atoms with E-state index in [1.807, 2.05) is 21.5 Å². The summed E-state index contributed by atoms with van der Waals surface area (Å²) in [7, 11) is 0. The summed E-state index contributed by atoms with van der Waals surface area (Å²) in [5.74, 6) is 0.605.